The van der Waals surface area contributed by atoms with Crippen LogP contribution >= 0.6 is 28.3 Å². The monoisotopic (exact) mass is 310 g/mol. The van der Waals surface area contributed by atoms with Crippen LogP contribution in [-0.4, -0.2) is 26.0 Å². The molecule has 2 N–H and O–H groups in total. The van der Waals surface area contributed by atoms with Gasteiger partial charge in [-0.3, -0.25) is 4.79 Å². The van der Waals surface area contributed by atoms with E-state index in [2.05, 4.69) is 26.6 Å². The lowest BCUT2D eigenvalue weighted by molar-refractivity contribution is 0.0953. The van der Waals surface area contributed by atoms with Crippen molar-refractivity contribution in [3.63, 3.8) is 0 Å². The molecule has 0 saturated heterocycles. The number of hydrogen-bond donors (Lipinski definition) is 2. The highest BCUT2D eigenvalue weighted by atomic mass is 79.9. The standard InChI is InChI=1S/C10H12BrFN2O.ClH/c1-13-2-3-14-10(15)7-4-8(11)6-9(12)5-7;/h4-6,13H,2-3H2,1H3,(H,14,15);1H. The predicted octanol–water partition coefficient (Wildman–Crippen LogP) is 1.96. The molecule has 0 unspecified atom stereocenters. The van der Waals surface area contributed by atoms with E-state index in [0.29, 0.717) is 23.1 Å². The summed E-state index contributed by atoms with van der Waals surface area (Å²) in [6.45, 7) is 1.20. The first-order valence-corrected chi connectivity index (χ1v) is 5.31. The van der Waals surface area contributed by atoms with Crippen molar-refractivity contribution in [1.82, 2.24) is 10.6 Å². The fourth-order valence-electron chi connectivity index (χ4n) is 1.09. The number of carbonyl (C=O) groups is 1. The van der Waals surface area contributed by atoms with E-state index in [-0.39, 0.29) is 18.3 Å². The van der Waals surface area contributed by atoms with Crippen LogP contribution in [0.2, 0.25) is 0 Å². The molecule has 0 fully saturated rings. The zero-order chi connectivity index (χ0) is 11.3. The smallest absolute Gasteiger partial charge is 0.251 e. The number of rotatable bonds is 4. The van der Waals surface area contributed by atoms with Gasteiger partial charge in [-0.2, -0.15) is 0 Å². The first kappa shape index (κ1) is 15.3. The minimum absolute atomic E-state index is 0. The molecule has 0 spiro atoms. The normalized spacial score (nSPS) is 9.44. The van der Waals surface area contributed by atoms with Gasteiger partial charge < -0.3 is 10.6 Å². The van der Waals surface area contributed by atoms with Crippen molar-refractivity contribution in [3.05, 3.63) is 34.1 Å². The van der Waals surface area contributed by atoms with E-state index in [4.69, 9.17) is 0 Å². The minimum Gasteiger partial charge on any atom is -0.351 e. The molecule has 1 aromatic carbocycles. The lowest BCUT2D eigenvalue weighted by Crippen LogP contribution is -2.30. The molecule has 0 aromatic heterocycles. The Bertz CT molecular complexity index is 342. The van der Waals surface area contributed by atoms with Crippen molar-refractivity contribution in [2.24, 2.45) is 0 Å². The Kier molecular flexibility index (Phi) is 7.29. The second-order valence-electron chi connectivity index (χ2n) is 3.02. The molecule has 0 atom stereocenters. The van der Waals surface area contributed by atoms with Gasteiger partial charge in [0, 0.05) is 23.1 Å². The molecule has 90 valence electrons. The minimum atomic E-state index is -0.428. The lowest BCUT2D eigenvalue weighted by atomic mass is 10.2. The maximum atomic E-state index is 13.0. The van der Waals surface area contributed by atoms with E-state index < -0.39 is 5.82 Å². The second kappa shape index (κ2) is 7.60. The number of carbonyl (C=O) groups excluding carboxylic acids is 1. The Morgan fingerprint density at radius 3 is 2.62 bits per heavy atom. The van der Waals surface area contributed by atoms with E-state index >= 15 is 0 Å². The molecule has 0 saturated carbocycles. The molecule has 0 heterocycles. The maximum absolute atomic E-state index is 13.0. The maximum Gasteiger partial charge on any atom is 0.251 e. The van der Waals surface area contributed by atoms with Crippen molar-refractivity contribution in [2.45, 2.75) is 0 Å². The molecule has 16 heavy (non-hydrogen) atoms. The highest BCUT2D eigenvalue weighted by Gasteiger charge is 2.07. The van der Waals surface area contributed by atoms with Crippen LogP contribution in [0.15, 0.2) is 22.7 Å². The third-order valence-corrected chi connectivity index (χ3v) is 2.24. The molecule has 6 heteroatoms. The summed E-state index contributed by atoms with van der Waals surface area (Å²) in [5.41, 5.74) is 0.318. The van der Waals surface area contributed by atoms with Gasteiger partial charge >= 0.3 is 0 Å². The van der Waals surface area contributed by atoms with Gasteiger partial charge in [0.15, 0.2) is 0 Å². The molecule has 1 aromatic rings. The Morgan fingerprint density at radius 2 is 2.06 bits per heavy atom. The SMILES string of the molecule is CNCCNC(=O)c1cc(F)cc(Br)c1.Cl. The van der Waals surface area contributed by atoms with Crippen LogP contribution < -0.4 is 10.6 Å². The van der Waals surface area contributed by atoms with Crippen LogP contribution in [-0.2, 0) is 0 Å². The number of benzene rings is 1. The first-order chi connectivity index (χ1) is 7.13. The van der Waals surface area contributed by atoms with Gasteiger partial charge in [0.05, 0.1) is 0 Å². The zero-order valence-electron chi connectivity index (χ0n) is 8.72. The number of halogens is 3. The fraction of sp³-hybridized carbons (Fsp3) is 0.300. The summed E-state index contributed by atoms with van der Waals surface area (Å²) in [6, 6.07) is 4.10. The molecule has 0 aliphatic carbocycles. The Labute approximate surface area is 108 Å². The Balaban J connectivity index is 0.00000225. The van der Waals surface area contributed by atoms with E-state index in [0.717, 1.165) is 0 Å². The van der Waals surface area contributed by atoms with Crippen LogP contribution in [0.4, 0.5) is 4.39 Å². The highest BCUT2D eigenvalue weighted by molar-refractivity contribution is 9.10. The summed E-state index contributed by atoms with van der Waals surface area (Å²) in [5, 5.41) is 5.56. The van der Waals surface area contributed by atoms with Crippen LogP contribution in [0.3, 0.4) is 0 Å². The van der Waals surface area contributed by atoms with Crippen LogP contribution in [0.1, 0.15) is 10.4 Å². The van der Waals surface area contributed by atoms with Crippen LogP contribution in [0, 0.1) is 5.82 Å². The van der Waals surface area contributed by atoms with E-state index in [9.17, 15) is 9.18 Å². The van der Waals surface area contributed by atoms with Crippen molar-refractivity contribution in [3.8, 4) is 0 Å². The largest absolute Gasteiger partial charge is 0.351 e. The van der Waals surface area contributed by atoms with E-state index in [1.807, 2.05) is 0 Å². The summed E-state index contributed by atoms with van der Waals surface area (Å²) < 4.78 is 13.5. The number of likely N-dealkylation sites (N-methyl/N-ethyl adjacent to an activating group) is 1. The van der Waals surface area contributed by atoms with Crippen molar-refractivity contribution in [2.75, 3.05) is 20.1 Å². The number of nitrogens with one attached hydrogen (secondary N) is 2. The molecule has 0 aliphatic rings. The third kappa shape index (κ3) is 4.92. The zero-order valence-corrected chi connectivity index (χ0v) is 11.1. The fourth-order valence-corrected chi connectivity index (χ4v) is 1.55. The van der Waals surface area contributed by atoms with E-state index in [1.165, 1.54) is 12.1 Å². The predicted molar refractivity (Wildman–Crippen MR) is 67.6 cm³/mol. The molecule has 0 radical (unpaired) electrons. The summed E-state index contributed by atoms with van der Waals surface area (Å²) in [5.74, 6) is -0.700. The molecule has 3 nitrogen and oxygen atoms in total. The molecular formula is C10H13BrClFN2O. The quantitative estimate of drug-likeness (QED) is 0.835. The topological polar surface area (TPSA) is 41.1 Å². The number of hydrogen-bond acceptors (Lipinski definition) is 2. The Morgan fingerprint density at radius 1 is 1.38 bits per heavy atom. The summed E-state index contributed by atoms with van der Waals surface area (Å²) in [6.07, 6.45) is 0. The molecular weight excluding hydrogens is 298 g/mol. The summed E-state index contributed by atoms with van der Waals surface area (Å²) in [7, 11) is 1.80. The molecule has 0 bridgehead atoms. The summed E-state index contributed by atoms with van der Waals surface area (Å²) in [4.78, 5) is 11.5. The molecule has 0 aliphatic heterocycles. The van der Waals surface area contributed by atoms with Crippen LogP contribution in [0.25, 0.3) is 0 Å². The first-order valence-electron chi connectivity index (χ1n) is 4.52. The van der Waals surface area contributed by atoms with Gasteiger partial charge in [0.25, 0.3) is 5.91 Å². The Hall–Kier alpha value is -0.650. The average molecular weight is 312 g/mol. The van der Waals surface area contributed by atoms with Gasteiger partial charge in [0.1, 0.15) is 5.82 Å². The van der Waals surface area contributed by atoms with Gasteiger partial charge in [-0.25, -0.2) is 4.39 Å². The van der Waals surface area contributed by atoms with Crippen molar-refractivity contribution >= 4 is 34.2 Å². The van der Waals surface area contributed by atoms with Crippen molar-refractivity contribution < 1.29 is 9.18 Å². The average Bonchev–Trinajstić information content (AvgIpc) is 2.16. The number of amides is 1. The second-order valence-corrected chi connectivity index (χ2v) is 3.93. The van der Waals surface area contributed by atoms with Crippen molar-refractivity contribution in [1.29, 1.82) is 0 Å². The van der Waals surface area contributed by atoms with Gasteiger partial charge in [-0.05, 0) is 25.2 Å². The lowest BCUT2D eigenvalue weighted by Gasteiger charge is -2.05. The van der Waals surface area contributed by atoms with E-state index in [1.54, 1.807) is 13.1 Å². The molecule has 1 amide bonds. The van der Waals surface area contributed by atoms with Gasteiger partial charge in [-0.15, -0.1) is 12.4 Å². The molecule has 1 rings (SSSR count). The summed E-state index contributed by atoms with van der Waals surface area (Å²) >= 11 is 3.13. The highest BCUT2D eigenvalue weighted by Crippen LogP contribution is 2.14. The third-order valence-electron chi connectivity index (χ3n) is 1.79. The van der Waals surface area contributed by atoms with Gasteiger partial charge in [-0.1, -0.05) is 15.9 Å². The van der Waals surface area contributed by atoms with Gasteiger partial charge in [0.2, 0.25) is 0 Å². The van der Waals surface area contributed by atoms with Crippen LogP contribution in [0.5, 0.6) is 0 Å².